The summed E-state index contributed by atoms with van der Waals surface area (Å²) in [6, 6.07) is 23.6. The first-order valence-electron chi connectivity index (χ1n) is 12.5. The van der Waals surface area contributed by atoms with Gasteiger partial charge in [-0.15, -0.1) is 0 Å². The van der Waals surface area contributed by atoms with Crippen molar-refractivity contribution in [3.8, 4) is 11.1 Å². The number of imidazole rings is 1. The summed E-state index contributed by atoms with van der Waals surface area (Å²) in [4.78, 5) is 34.8. The maximum absolute atomic E-state index is 12.8. The Morgan fingerprint density at radius 3 is 2.53 bits per heavy atom. The van der Waals surface area contributed by atoms with Crippen LogP contribution in [-0.4, -0.2) is 33.4 Å². The molecule has 3 aromatic carbocycles. The van der Waals surface area contributed by atoms with Crippen molar-refractivity contribution < 1.29 is 14.3 Å². The quantitative estimate of drug-likeness (QED) is 0.352. The molecule has 1 saturated carbocycles. The first-order chi connectivity index (χ1) is 17.6. The minimum Gasteiger partial charge on any atom is -0.445 e. The van der Waals surface area contributed by atoms with E-state index in [2.05, 4.69) is 16.4 Å². The second-order valence-electron chi connectivity index (χ2n) is 9.59. The number of benzene rings is 3. The van der Waals surface area contributed by atoms with Gasteiger partial charge < -0.3 is 15.0 Å². The number of carbonyl (C=O) groups excluding carboxylic acids is 2. The summed E-state index contributed by atoms with van der Waals surface area (Å²) in [6.07, 6.45) is 3.43. The number of amides is 2. The number of aromatic nitrogens is 2. The molecular formula is C29H28N4O3. The molecule has 1 unspecified atom stereocenters. The number of ether oxygens (including phenoxy) is 1. The van der Waals surface area contributed by atoms with Gasteiger partial charge in [-0.2, -0.15) is 0 Å². The molecule has 4 aromatic rings. The molecule has 1 aliphatic heterocycles. The van der Waals surface area contributed by atoms with Crippen LogP contribution in [0.4, 0.5) is 10.5 Å². The fraction of sp³-hybridized carbons (Fsp3) is 0.276. The number of likely N-dealkylation sites (tertiary alicyclic amines) is 1. The van der Waals surface area contributed by atoms with Crippen molar-refractivity contribution in [3.05, 3.63) is 84.2 Å². The lowest BCUT2D eigenvalue weighted by molar-refractivity contribution is -0.117. The normalized spacial score (nSPS) is 17.3. The van der Waals surface area contributed by atoms with Crippen molar-refractivity contribution in [3.63, 3.8) is 0 Å². The predicted octanol–water partition coefficient (Wildman–Crippen LogP) is 6.05. The van der Waals surface area contributed by atoms with Crippen molar-refractivity contribution in [2.45, 2.75) is 38.3 Å². The first kappa shape index (κ1) is 22.3. The van der Waals surface area contributed by atoms with Crippen LogP contribution in [0, 0.1) is 5.92 Å². The number of rotatable bonds is 6. The van der Waals surface area contributed by atoms with Gasteiger partial charge in [-0.3, -0.25) is 9.69 Å². The number of anilines is 1. The number of fused-ring (bicyclic) bond motifs is 1. The van der Waals surface area contributed by atoms with Gasteiger partial charge in [0.1, 0.15) is 12.4 Å². The summed E-state index contributed by atoms with van der Waals surface area (Å²) in [5, 5.41) is 2.98. The number of H-pyrrole nitrogens is 1. The molecule has 6 rings (SSSR count). The molecule has 0 bridgehead atoms. The van der Waals surface area contributed by atoms with E-state index >= 15 is 0 Å². The lowest BCUT2D eigenvalue weighted by atomic mass is 10.0. The molecule has 36 heavy (non-hydrogen) atoms. The van der Waals surface area contributed by atoms with E-state index in [9.17, 15) is 9.59 Å². The van der Waals surface area contributed by atoms with E-state index in [0.717, 1.165) is 64.9 Å². The lowest BCUT2D eigenvalue weighted by Crippen LogP contribution is -2.31. The van der Waals surface area contributed by atoms with E-state index in [1.165, 1.54) is 0 Å². The topological polar surface area (TPSA) is 87.3 Å². The Kier molecular flexibility index (Phi) is 5.89. The van der Waals surface area contributed by atoms with Gasteiger partial charge in [0.15, 0.2) is 0 Å². The van der Waals surface area contributed by atoms with E-state index in [0.29, 0.717) is 6.54 Å². The van der Waals surface area contributed by atoms with Gasteiger partial charge in [0, 0.05) is 18.2 Å². The van der Waals surface area contributed by atoms with Crippen molar-refractivity contribution in [1.82, 2.24) is 14.9 Å². The average molecular weight is 481 g/mol. The maximum atomic E-state index is 12.8. The molecule has 2 heterocycles. The molecule has 7 nitrogen and oxygen atoms in total. The number of carbonyl (C=O) groups is 2. The molecule has 2 N–H and O–H groups in total. The molecule has 182 valence electrons. The van der Waals surface area contributed by atoms with Crippen LogP contribution in [0.1, 0.15) is 43.1 Å². The van der Waals surface area contributed by atoms with Crippen LogP contribution in [0.15, 0.2) is 72.8 Å². The molecule has 2 fully saturated rings. The molecule has 0 spiro atoms. The Morgan fingerprint density at radius 1 is 0.972 bits per heavy atom. The number of nitrogens with zero attached hydrogens (tertiary/aromatic N) is 2. The second kappa shape index (κ2) is 9.49. The van der Waals surface area contributed by atoms with Crippen LogP contribution in [0.5, 0.6) is 0 Å². The van der Waals surface area contributed by atoms with Gasteiger partial charge in [-0.1, -0.05) is 48.5 Å². The van der Waals surface area contributed by atoms with E-state index in [-0.39, 0.29) is 30.6 Å². The number of nitrogens with one attached hydrogen (secondary N) is 2. The van der Waals surface area contributed by atoms with Crippen molar-refractivity contribution >= 4 is 28.7 Å². The molecular weight excluding hydrogens is 452 g/mol. The fourth-order valence-corrected chi connectivity index (χ4v) is 4.77. The van der Waals surface area contributed by atoms with E-state index in [1.54, 1.807) is 4.90 Å². The zero-order valence-electron chi connectivity index (χ0n) is 19.9. The molecule has 1 atom stereocenters. The standard InChI is InChI=1S/C29H28N4O3/c34-28(21-8-9-21)30-23-13-10-20(11-14-23)22-12-15-24-25(17-22)32-27(31-24)26-7-4-16-33(26)29(35)36-18-19-5-2-1-3-6-19/h1-3,5-6,10-15,17,21,26H,4,7-9,16,18H2,(H,30,34)(H,31,32). The molecule has 1 aromatic heterocycles. The Balaban J connectivity index is 1.16. The highest BCUT2D eigenvalue weighted by Gasteiger charge is 2.33. The van der Waals surface area contributed by atoms with Crippen LogP contribution in [0.2, 0.25) is 0 Å². The van der Waals surface area contributed by atoms with Crippen LogP contribution in [-0.2, 0) is 16.1 Å². The summed E-state index contributed by atoms with van der Waals surface area (Å²) in [5.74, 6) is 1.08. The van der Waals surface area contributed by atoms with Crippen molar-refractivity contribution in [2.75, 3.05) is 11.9 Å². The van der Waals surface area contributed by atoms with Crippen molar-refractivity contribution in [2.24, 2.45) is 5.92 Å². The molecule has 1 saturated heterocycles. The monoisotopic (exact) mass is 480 g/mol. The minimum absolute atomic E-state index is 0.110. The summed E-state index contributed by atoms with van der Waals surface area (Å²) < 4.78 is 5.58. The summed E-state index contributed by atoms with van der Waals surface area (Å²) in [7, 11) is 0. The smallest absolute Gasteiger partial charge is 0.410 e. The highest BCUT2D eigenvalue weighted by atomic mass is 16.6. The van der Waals surface area contributed by atoms with Gasteiger partial charge in [0.2, 0.25) is 5.91 Å². The van der Waals surface area contributed by atoms with Crippen LogP contribution < -0.4 is 5.32 Å². The van der Waals surface area contributed by atoms with Crippen LogP contribution >= 0.6 is 0 Å². The van der Waals surface area contributed by atoms with Gasteiger partial charge in [0.25, 0.3) is 0 Å². The highest BCUT2D eigenvalue weighted by Crippen LogP contribution is 2.34. The third kappa shape index (κ3) is 4.69. The van der Waals surface area contributed by atoms with Gasteiger partial charge in [0.05, 0.1) is 17.1 Å². The number of aromatic amines is 1. The molecule has 2 amide bonds. The first-order valence-corrected chi connectivity index (χ1v) is 12.5. The molecule has 7 heteroatoms. The van der Waals surface area contributed by atoms with E-state index < -0.39 is 0 Å². The number of hydrogen-bond acceptors (Lipinski definition) is 4. The minimum atomic E-state index is -0.309. The average Bonchev–Trinajstić information content (AvgIpc) is 3.50. The number of hydrogen-bond donors (Lipinski definition) is 2. The van der Waals surface area contributed by atoms with Crippen LogP contribution in [0.3, 0.4) is 0 Å². The zero-order chi connectivity index (χ0) is 24.5. The summed E-state index contributed by atoms with van der Waals surface area (Å²) >= 11 is 0. The second-order valence-corrected chi connectivity index (χ2v) is 9.59. The summed E-state index contributed by atoms with van der Waals surface area (Å²) in [6.45, 7) is 0.916. The van der Waals surface area contributed by atoms with Gasteiger partial charge in [-0.25, -0.2) is 9.78 Å². The zero-order valence-corrected chi connectivity index (χ0v) is 19.9. The van der Waals surface area contributed by atoms with E-state index in [4.69, 9.17) is 9.72 Å². The molecule has 2 aliphatic rings. The fourth-order valence-electron chi connectivity index (χ4n) is 4.77. The van der Waals surface area contributed by atoms with E-state index in [1.807, 2.05) is 66.7 Å². The Labute approximate surface area is 209 Å². The highest BCUT2D eigenvalue weighted by molar-refractivity contribution is 5.94. The van der Waals surface area contributed by atoms with Gasteiger partial charge >= 0.3 is 6.09 Å². The van der Waals surface area contributed by atoms with Crippen LogP contribution in [0.25, 0.3) is 22.2 Å². The van der Waals surface area contributed by atoms with Crippen molar-refractivity contribution in [1.29, 1.82) is 0 Å². The molecule has 1 aliphatic carbocycles. The Bertz CT molecular complexity index is 1390. The Hall–Kier alpha value is -4.13. The third-order valence-electron chi connectivity index (χ3n) is 6.94. The Morgan fingerprint density at radius 2 is 1.75 bits per heavy atom. The third-order valence-corrected chi connectivity index (χ3v) is 6.94. The van der Waals surface area contributed by atoms with Gasteiger partial charge in [-0.05, 0) is 66.6 Å². The predicted molar refractivity (Wildman–Crippen MR) is 138 cm³/mol. The summed E-state index contributed by atoms with van der Waals surface area (Å²) in [5.41, 5.74) is 5.70. The maximum Gasteiger partial charge on any atom is 0.410 e. The molecule has 0 radical (unpaired) electrons. The largest absolute Gasteiger partial charge is 0.445 e. The SMILES string of the molecule is O=C(Nc1ccc(-c2ccc3nc(C4CCCN4C(=O)OCc4ccccc4)[nH]c3c2)cc1)C1CC1. The lowest BCUT2D eigenvalue weighted by Gasteiger charge is -2.22.